The summed E-state index contributed by atoms with van der Waals surface area (Å²) in [5, 5.41) is 13.1. The van der Waals surface area contributed by atoms with Crippen LogP contribution >= 0.6 is 0 Å². The molecule has 0 saturated carbocycles. The Balaban J connectivity index is 1.66. The highest BCUT2D eigenvalue weighted by atomic mass is 19.1. The van der Waals surface area contributed by atoms with E-state index in [1.165, 1.54) is 38.4 Å². The molecule has 1 saturated heterocycles. The van der Waals surface area contributed by atoms with Crippen LogP contribution in [0.3, 0.4) is 0 Å². The molecular formula is C15H23FN2O. The Labute approximate surface area is 114 Å². The van der Waals surface area contributed by atoms with Crippen LogP contribution in [0.1, 0.15) is 30.9 Å². The van der Waals surface area contributed by atoms with Crippen LogP contribution in [-0.4, -0.2) is 42.7 Å². The summed E-state index contributed by atoms with van der Waals surface area (Å²) in [6.45, 7) is 4.60. The van der Waals surface area contributed by atoms with Gasteiger partial charge in [0.05, 0.1) is 6.10 Å². The first kappa shape index (κ1) is 14.4. The van der Waals surface area contributed by atoms with Crippen molar-refractivity contribution in [1.29, 1.82) is 0 Å². The van der Waals surface area contributed by atoms with Gasteiger partial charge in [-0.15, -0.1) is 0 Å². The molecule has 0 spiro atoms. The summed E-state index contributed by atoms with van der Waals surface area (Å²) in [4.78, 5) is 2.44. The van der Waals surface area contributed by atoms with Crippen LogP contribution in [0.15, 0.2) is 24.3 Å². The van der Waals surface area contributed by atoms with E-state index in [0.717, 1.165) is 13.1 Å². The van der Waals surface area contributed by atoms with Crippen LogP contribution in [0.4, 0.5) is 4.39 Å². The molecule has 19 heavy (non-hydrogen) atoms. The maximum absolute atomic E-state index is 13.4. The predicted octanol–water partition coefficient (Wildman–Crippen LogP) is 1.93. The second kappa shape index (κ2) is 7.58. The van der Waals surface area contributed by atoms with E-state index in [2.05, 4.69) is 10.2 Å². The Bertz CT molecular complexity index is 380. The Kier molecular flexibility index (Phi) is 5.76. The topological polar surface area (TPSA) is 35.5 Å². The van der Waals surface area contributed by atoms with E-state index in [0.29, 0.717) is 12.1 Å². The second-order valence-corrected chi connectivity index (χ2v) is 5.14. The predicted molar refractivity (Wildman–Crippen MR) is 74.5 cm³/mol. The van der Waals surface area contributed by atoms with Crippen molar-refractivity contribution in [3.63, 3.8) is 0 Å². The lowest BCUT2D eigenvalue weighted by atomic mass is 10.1. The molecule has 1 unspecified atom stereocenters. The number of piperidine rings is 1. The Hall–Kier alpha value is -0.970. The Morgan fingerprint density at radius 2 is 1.95 bits per heavy atom. The van der Waals surface area contributed by atoms with Gasteiger partial charge in [-0.05, 0) is 32.0 Å². The quantitative estimate of drug-likeness (QED) is 0.772. The largest absolute Gasteiger partial charge is 0.387 e. The third-order valence-electron chi connectivity index (χ3n) is 3.66. The molecule has 0 aliphatic carbocycles. The standard InChI is InChI=1S/C15H23FN2O/c16-14-7-3-2-6-13(14)15(19)12-17-8-11-18-9-4-1-5-10-18/h2-3,6-7,15,17,19H,1,4-5,8-12H2. The summed E-state index contributed by atoms with van der Waals surface area (Å²) in [5.41, 5.74) is 0.368. The van der Waals surface area contributed by atoms with E-state index in [9.17, 15) is 9.50 Å². The summed E-state index contributed by atoms with van der Waals surface area (Å²) in [6, 6.07) is 6.39. The Morgan fingerprint density at radius 1 is 1.21 bits per heavy atom. The highest BCUT2D eigenvalue weighted by Gasteiger charge is 2.12. The number of aliphatic hydroxyl groups is 1. The van der Waals surface area contributed by atoms with E-state index in [-0.39, 0.29) is 5.82 Å². The summed E-state index contributed by atoms with van der Waals surface area (Å²) in [5.74, 6) is -0.340. The van der Waals surface area contributed by atoms with Gasteiger partial charge in [0.2, 0.25) is 0 Å². The van der Waals surface area contributed by atoms with Crippen molar-refractivity contribution in [2.75, 3.05) is 32.7 Å². The van der Waals surface area contributed by atoms with Crippen molar-refractivity contribution in [2.24, 2.45) is 0 Å². The summed E-state index contributed by atoms with van der Waals surface area (Å²) in [7, 11) is 0. The molecule has 3 nitrogen and oxygen atoms in total. The van der Waals surface area contributed by atoms with Gasteiger partial charge < -0.3 is 15.3 Å². The molecular weight excluding hydrogens is 243 g/mol. The zero-order valence-electron chi connectivity index (χ0n) is 11.3. The zero-order valence-corrected chi connectivity index (χ0v) is 11.3. The average Bonchev–Trinajstić information content (AvgIpc) is 2.45. The molecule has 1 fully saturated rings. The maximum atomic E-state index is 13.4. The smallest absolute Gasteiger partial charge is 0.129 e. The summed E-state index contributed by atoms with van der Waals surface area (Å²) in [6.07, 6.45) is 3.15. The fourth-order valence-electron chi connectivity index (χ4n) is 2.51. The van der Waals surface area contributed by atoms with Gasteiger partial charge in [0.15, 0.2) is 0 Å². The molecule has 2 rings (SSSR count). The lowest BCUT2D eigenvalue weighted by Crippen LogP contribution is -2.36. The molecule has 2 N–H and O–H groups in total. The van der Waals surface area contributed by atoms with E-state index >= 15 is 0 Å². The summed E-state index contributed by atoms with van der Waals surface area (Å²) < 4.78 is 13.4. The van der Waals surface area contributed by atoms with E-state index in [1.54, 1.807) is 18.2 Å². The van der Waals surface area contributed by atoms with E-state index < -0.39 is 6.10 Å². The van der Waals surface area contributed by atoms with Crippen molar-refractivity contribution < 1.29 is 9.50 Å². The molecule has 1 aliphatic heterocycles. The molecule has 1 aromatic rings. The number of nitrogens with one attached hydrogen (secondary N) is 1. The normalized spacial score (nSPS) is 18.4. The van der Waals surface area contributed by atoms with Crippen molar-refractivity contribution >= 4 is 0 Å². The number of benzene rings is 1. The average molecular weight is 266 g/mol. The van der Waals surface area contributed by atoms with Crippen molar-refractivity contribution in [3.8, 4) is 0 Å². The van der Waals surface area contributed by atoms with Gasteiger partial charge in [-0.3, -0.25) is 0 Å². The molecule has 106 valence electrons. The van der Waals surface area contributed by atoms with Crippen molar-refractivity contribution in [2.45, 2.75) is 25.4 Å². The molecule has 0 radical (unpaired) electrons. The van der Waals surface area contributed by atoms with Gasteiger partial charge in [0, 0.05) is 25.2 Å². The number of halogens is 1. The van der Waals surface area contributed by atoms with Gasteiger partial charge in [0.1, 0.15) is 5.82 Å². The first-order chi connectivity index (χ1) is 9.27. The molecule has 0 amide bonds. The van der Waals surface area contributed by atoms with Crippen molar-refractivity contribution in [1.82, 2.24) is 10.2 Å². The zero-order chi connectivity index (χ0) is 13.5. The number of rotatable bonds is 6. The second-order valence-electron chi connectivity index (χ2n) is 5.14. The van der Waals surface area contributed by atoms with Gasteiger partial charge in [-0.2, -0.15) is 0 Å². The molecule has 1 aliphatic rings. The van der Waals surface area contributed by atoms with Crippen molar-refractivity contribution in [3.05, 3.63) is 35.6 Å². The fourth-order valence-corrected chi connectivity index (χ4v) is 2.51. The molecule has 0 bridgehead atoms. The minimum Gasteiger partial charge on any atom is -0.387 e. The third kappa shape index (κ3) is 4.56. The highest BCUT2D eigenvalue weighted by Crippen LogP contribution is 2.15. The van der Waals surface area contributed by atoms with Gasteiger partial charge in [0.25, 0.3) is 0 Å². The van der Waals surface area contributed by atoms with Gasteiger partial charge in [-0.1, -0.05) is 24.6 Å². The molecule has 4 heteroatoms. The Morgan fingerprint density at radius 3 is 2.68 bits per heavy atom. The molecule has 1 atom stereocenters. The lowest BCUT2D eigenvalue weighted by molar-refractivity contribution is 0.165. The highest BCUT2D eigenvalue weighted by molar-refractivity contribution is 5.19. The van der Waals surface area contributed by atoms with Crippen LogP contribution in [0, 0.1) is 5.82 Å². The van der Waals surface area contributed by atoms with Crippen LogP contribution in [0.2, 0.25) is 0 Å². The first-order valence-electron chi connectivity index (χ1n) is 7.13. The molecule has 1 aromatic carbocycles. The SMILES string of the molecule is OC(CNCCN1CCCCC1)c1ccccc1F. The number of likely N-dealkylation sites (tertiary alicyclic amines) is 1. The molecule has 0 aromatic heterocycles. The fraction of sp³-hybridized carbons (Fsp3) is 0.600. The van der Waals surface area contributed by atoms with Crippen LogP contribution in [-0.2, 0) is 0 Å². The minimum absolute atomic E-state index is 0.340. The monoisotopic (exact) mass is 266 g/mol. The lowest BCUT2D eigenvalue weighted by Gasteiger charge is -2.26. The van der Waals surface area contributed by atoms with Crippen LogP contribution in [0.25, 0.3) is 0 Å². The number of aliphatic hydroxyl groups excluding tert-OH is 1. The third-order valence-corrected chi connectivity index (χ3v) is 3.66. The summed E-state index contributed by atoms with van der Waals surface area (Å²) >= 11 is 0. The maximum Gasteiger partial charge on any atom is 0.129 e. The minimum atomic E-state index is -0.775. The number of hydrogen-bond acceptors (Lipinski definition) is 3. The number of nitrogens with zero attached hydrogens (tertiary/aromatic N) is 1. The van der Waals surface area contributed by atoms with E-state index in [4.69, 9.17) is 0 Å². The van der Waals surface area contributed by atoms with E-state index in [1.807, 2.05) is 0 Å². The van der Waals surface area contributed by atoms with Crippen LogP contribution < -0.4 is 5.32 Å². The van der Waals surface area contributed by atoms with Gasteiger partial charge >= 0.3 is 0 Å². The number of hydrogen-bond donors (Lipinski definition) is 2. The van der Waals surface area contributed by atoms with Crippen LogP contribution in [0.5, 0.6) is 0 Å². The molecule has 1 heterocycles. The first-order valence-corrected chi connectivity index (χ1v) is 7.13. The van der Waals surface area contributed by atoms with Gasteiger partial charge in [-0.25, -0.2) is 4.39 Å².